The number of fused-ring (bicyclic) bond motifs is 1. The van der Waals surface area contributed by atoms with Gasteiger partial charge in [-0.15, -0.1) is 0 Å². The van der Waals surface area contributed by atoms with E-state index in [1.165, 1.54) is 11.1 Å². The molecule has 0 saturated heterocycles. The molecule has 3 rings (SSSR count). The normalized spacial score (nSPS) is 13.5. The maximum absolute atomic E-state index is 13.7. The molecule has 1 aromatic carbocycles. The maximum atomic E-state index is 13.7. The van der Waals surface area contributed by atoms with E-state index in [1.807, 2.05) is 24.9 Å². The first-order chi connectivity index (χ1) is 15.6. The highest BCUT2D eigenvalue weighted by Crippen LogP contribution is 2.21. The molecule has 0 saturated carbocycles. The van der Waals surface area contributed by atoms with Crippen molar-refractivity contribution in [3.63, 3.8) is 0 Å². The average Bonchev–Trinajstić information content (AvgIpc) is 3.33. The van der Waals surface area contributed by atoms with Crippen molar-refractivity contribution in [2.45, 2.75) is 54.0 Å². The van der Waals surface area contributed by atoms with Crippen LogP contribution < -0.4 is 5.32 Å². The summed E-state index contributed by atoms with van der Waals surface area (Å²) in [6.07, 6.45) is 5.56. The Morgan fingerprint density at radius 1 is 1.12 bits per heavy atom. The predicted octanol–water partition coefficient (Wildman–Crippen LogP) is 3.91. The first kappa shape index (κ1) is 24.7. The lowest BCUT2D eigenvalue weighted by atomic mass is 9.98. The van der Waals surface area contributed by atoms with Gasteiger partial charge in [0.05, 0.1) is 5.69 Å². The van der Waals surface area contributed by atoms with Crippen molar-refractivity contribution in [1.82, 2.24) is 20.0 Å². The fraction of sp³-hybridized carbons (Fsp3) is 0.519. The molecule has 1 atom stereocenters. The number of hydrogen-bond acceptors (Lipinski definition) is 3. The molecule has 1 heterocycles. The van der Waals surface area contributed by atoms with Crippen LogP contribution in [0.1, 0.15) is 55.8 Å². The Hall–Kier alpha value is -2.89. The lowest BCUT2D eigenvalue weighted by Gasteiger charge is -2.30. The van der Waals surface area contributed by atoms with E-state index in [-0.39, 0.29) is 11.8 Å². The van der Waals surface area contributed by atoms with Crippen LogP contribution in [0.15, 0.2) is 30.3 Å². The number of amides is 2. The Morgan fingerprint density at radius 3 is 2.42 bits per heavy atom. The summed E-state index contributed by atoms with van der Waals surface area (Å²) in [4.78, 5) is 28.9. The minimum atomic E-state index is -0.786. The van der Waals surface area contributed by atoms with Crippen LogP contribution in [0.25, 0.3) is 6.08 Å². The molecule has 2 aromatic rings. The lowest BCUT2D eigenvalue weighted by molar-refractivity contribution is -0.143. The quantitative estimate of drug-likeness (QED) is 0.558. The van der Waals surface area contributed by atoms with Gasteiger partial charge < -0.3 is 10.2 Å². The predicted molar refractivity (Wildman–Crippen MR) is 132 cm³/mol. The van der Waals surface area contributed by atoms with Crippen LogP contribution in [0.3, 0.4) is 0 Å². The van der Waals surface area contributed by atoms with E-state index in [0.717, 1.165) is 23.4 Å². The highest BCUT2D eigenvalue weighted by Gasteiger charge is 2.32. The van der Waals surface area contributed by atoms with Crippen LogP contribution in [-0.4, -0.2) is 39.6 Å². The number of carbonyl (C=O) groups excluding carboxylic acids is 2. The summed E-state index contributed by atoms with van der Waals surface area (Å²) in [7, 11) is 1.86. The van der Waals surface area contributed by atoms with E-state index < -0.39 is 5.92 Å². The monoisotopic (exact) mass is 450 g/mol. The number of carbonyl (C=O) groups is 2. The highest BCUT2D eigenvalue weighted by atomic mass is 16.2. The van der Waals surface area contributed by atoms with Crippen LogP contribution in [0.2, 0.25) is 0 Å². The average molecular weight is 451 g/mol. The van der Waals surface area contributed by atoms with Gasteiger partial charge in [-0.05, 0) is 54.0 Å². The molecule has 1 N–H and O–H groups in total. The number of allylic oxidation sites excluding steroid dienone is 1. The lowest BCUT2D eigenvalue weighted by Crippen LogP contribution is -2.47. The Morgan fingerprint density at radius 2 is 1.82 bits per heavy atom. The largest absolute Gasteiger partial charge is 0.351 e. The maximum Gasteiger partial charge on any atom is 0.235 e. The van der Waals surface area contributed by atoms with Crippen LogP contribution in [0.5, 0.6) is 0 Å². The molecule has 178 valence electrons. The molecule has 0 aliphatic heterocycles. The first-order valence-electron chi connectivity index (χ1n) is 12.0. The number of nitrogens with zero attached hydrogens (tertiary/aromatic N) is 3. The van der Waals surface area contributed by atoms with Gasteiger partial charge in [-0.1, -0.05) is 52.0 Å². The zero-order valence-corrected chi connectivity index (χ0v) is 20.9. The molecular weight excluding hydrogens is 412 g/mol. The third-order valence-electron chi connectivity index (χ3n) is 5.92. The van der Waals surface area contributed by atoms with Crippen LogP contribution >= 0.6 is 0 Å². The number of aryl methyl sites for hydroxylation is 2. The summed E-state index contributed by atoms with van der Waals surface area (Å²) < 4.78 is 1.77. The smallest absolute Gasteiger partial charge is 0.235 e. The zero-order chi connectivity index (χ0) is 24.1. The molecule has 0 radical (unpaired) electrons. The molecule has 0 fully saturated rings. The van der Waals surface area contributed by atoms with Gasteiger partial charge in [0.25, 0.3) is 0 Å². The summed E-state index contributed by atoms with van der Waals surface area (Å²) in [5.74, 6) is -0.464. The summed E-state index contributed by atoms with van der Waals surface area (Å²) >= 11 is 0. The summed E-state index contributed by atoms with van der Waals surface area (Å²) in [6.45, 7) is 12.0. The number of aromatic nitrogens is 2. The Kier molecular flexibility index (Phi) is 8.11. The van der Waals surface area contributed by atoms with E-state index in [0.29, 0.717) is 37.9 Å². The minimum Gasteiger partial charge on any atom is -0.351 e. The van der Waals surface area contributed by atoms with E-state index in [2.05, 4.69) is 68.5 Å². The van der Waals surface area contributed by atoms with E-state index >= 15 is 0 Å². The van der Waals surface area contributed by atoms with Crippen molar-refractivity contribution in [2.24, 2.45) is 24.8 Å². The summed E-state index contributed by atoms with van der Waals surface area (Å²) in [6, 6.07) is 8.24. The zero-order valence-electron chi connectivity index (χ0n) is 20.9. The number of benzene rings is 1. The van der Waals surface area contributed by atoms with Crippen molar-refractivity contribution >= 4 is 17.9 Å². The van der Waals surface area contributed by atoms with E-state index in [4.69, 9.17) is 0 Å². The third-order valence-corrected chi connectivity index (χ3v) is 5.92. The van der Waals surface area contributed by atoms with Crippen LogP contribution in [-0.2, 0) is 36.0 Å². The Bertz CT molecular complexity index is 1010. The molecule has 0 spiro atoms. The molecule has 1 aliphatic carbocycles. The molecule has 1 unspecified atom stereocenters. The molecule has 1 aromatic heterocycles. The summed E-state index contributed by atoms with van der Waals surface area (Å²) in [5, 5.41) is 7.44. The van der Waals surface area contributed by atoms with Crippen molar-refractivity contribution in [2.75, 3.05) is 13.1 Å². The SMILES string of the molecule is Cc1cc(CC(C(=O)NCc2ccc3c(c2)C=CC3)C(=O)N(CC(C)C)CC(C)C)n(C)n1. The second-order valence-corrected chi connectivity index (χ2v) is 10.0. The van der Waals surface area contributed by atoms with Gasteiger partial charge in [-0.3, -0.25) is 14.3 Å². The molecule has 33 heavy (non-hydrogen) atoms. The minimum absolute atomic E-state index is 0.106. The van der Waals surface area contributed by atoms with Gasteiger partial charge in [-0.2, -0.15) is 5.10 Å². The van der Waals surface area contributed by atoms with Gasteiger partial charge in [0.15, 0.2) is 0 Å². The van der Waals surface area contributed by atoms with Gasteiger partial charge >= 0.3 is 0 Å². The topological polar surface area (TPSA) is 67.2 Å². The second-order valence-electron chi connectivity index (χ2n) is 10.0. The standard InChI is InChI=1S/C27H38N4O2/c1-18(2)16-31(17-19(3)4)27(33)25(14-24-12-20(5)29-30(24)6)26(32)28-15-21-10-11-22-8-7-9-23(22)13-21/h7,9-13,18-19,25H,8,14-17H2,1-6H3,(H,28,32). The first-order valence-corrected chi connectivity index (χ1v) is 12.0. The third kappa shape index (κ3) is 6.56. The van der Waals surface area contributed by atoms with Gasteiger partial charge in [0, 0.05) is 38.8 Å². The van der Waals surface area contributed by atoms with Crippen molar-refractivity contribution < 1.29 is 9.59 Å². The number of nitrogens with one attached hydrogen (secondary N) is 1. The summed E-state index contributed by atoms with van der Waals surface area (Å²) in [5.41, 5.74) is 5.32. The van der Waals surface area contributed by atoms with Gasteiger partial charge in [0.2, 0.25) is 11.8 Å². The Labute approximate surface area is 198 Å². The molecule has 6 nitrogen and oxygen atoms in total. The van der Waals surface area contributed by atoms with Gasteiger partial charge in [-0.25, -0.2) is 0 Å². The molecule has 2 amide bonds. The molecule has 0 bridgehead atoms. The number of hydrogen-bond donors (Lipinski definition) is 1. The molecule has 1 aliphatic rings. The fourth-order valence-electron chi connectivity index (χ4n) is 4.43. The van der Waals surface area contributed by atoms with Crippen molar-refractivity contribution in [3.8, 4) is 0 Å². The molecule has 6 heteroatoms. The fourth-order valence-corrected chi connectivity index (χ4v) is 4.43. The Balaban J connectivity index is 1.80. The highest BCUT2D eigenvalue weighted by molar-refractivity contribution is 6.00. The van der Waals surface area contributed by atoms with E-state index in [9.17, 15) is 9.59 Å². The van der Waals surface area contributed by atoms with E-state index in [1.54, 1.807) is 4.68 Å². The van der Waals surface area contributed by atoms with Crippen LogP contribution in [0.4, 0.5) is 0 Å². The number of rotatable bonds is 10. The second kappa shape index (κ2) is 10.8. The van der Waals surface area contributed by atoms with Crippen molar-refractivity contribution in [1.29, 1.82) is 0 Å². The van der Waals surface area contributed by atoms with Gasteiger partial charge in [0.1, 0.15) is 5.92 Å². The van der Waals surface area contributed by atoms with Crippen LogP contribution in [0, 0.1) is 24.7 Å². The van der Waals surface area contributed by atoms with Crippen molar-refractivity contribution in [3.05, 3.63) is 58.4 Å². The molecular formula is C27H38N4O2.